The monoisotopic (exact) mass is 664 g/mol. The van der Waals surface area contributed by atoms with Gasteiger partial charge in [0.15, 0.2) is 11.5 Å². The molecule has 1 amide bonds. The second-order valence-electron chi connectivity index (χ2n) is 13.2. The third-order valence-corrected chi connectivity index (χ3v) is 8.03. The Balaban J connectivity index is 1.74. The maximum absolute atomic E-state index is 16.3. The molecule has 13 heteroatoms. The van der Waals surface area contributed by atoms with Gasteiger partial charge >= 0.3 is 11.8 Å². The molecule has 256 valence electrons. The minimum absolute atomic E-state index is 0.0762. The summed E-state index contributed by atoms with van der Waals surface area (Å²) in [6, 6.07) is 6.87. The number of hydrogen-bond donors (Lipinski definition) is 0. The van der Waals surface area contributed by atoms with Gasteiger partial charge < -0.3 is 24.0 Å². The minimum atomic E-state index is -0.829. The normalized spacial score (nSPS) is 15.4. The Kier molecular flexibility index (Phi) is 9.99. The molecular weight excluding hydrogens is 622 g/mol. The number of methoxy groups -OCH3 is 1. The van der Waals surface area contributed by atoms with Crippen LogP contribution in [0, 0.1) is 18.6 Å². The number of rotatable bonds is 8. The summed E-state index contributed by atoms with van der Waals surface area (Å²) in [4.78, 5) is 44.2. The Morgan fingerprint density at radius 2 is 1.83 bits per heavy atom. The smallest absolute Gasteiger partial charge is 0.410 e. The van der Waals surface area contributed by atoms with Crippen molar-refractivity contribution < 1.29 is 27.8 Å². The van der Waals surface area contributed by atoms with Crippen molar-refractivity contribution in [2.45, 2.75) is 66.0 Å². The molecular formula is C35H42F2N6O5. The highest BCUT2D eigenvalue weighted by atomic mass is 19.1. The number of aryl methyl sites for hydroxylation is 1. The lowest BCUT2D eigenvalue weighted by atomic mass is 10.0. The summed E-state index contributed by atoms with van der Waals surface area (Å²) >= 11 is 0. The minimum Gasteiger partial charge on any atom is -0.490 e. The van der Waals surface area contributed by atoms with Crippen LogP contribution in [0.2, 0.25) is 0 Å². The molecule has 0 unspecified atom stereocenters. The number of anilines is 1. The maximum atomic E-state index is 16.3. The number of aromatic nitrogens is 4. The Morgan fingerprint density at radius 3 is 2.50 bits per heavy atom. The number of amides is 1. The van der Waals surface area contributed by atoms with Gasteiger partial charge in [0.1, 0.15) is 35.3 Å². The molecule has 0 aliphatic carbocycles. The molecule has 3 aromatic heterocycles. The predicted molar refractivity (Wildman–Crippen MR) is 179 cm³/mol. The van der Waals surface area contributed by atoms with Gasteiger partial charge in [-0.05, 0) is 70.4 Å². The molecule has 5 rings (SSSR count). The first-order chi connectivity index (χ1) is 22.7. The van der Waals surface area contributed by atoms with Crippen molar-refractivity contribution in [3.05, 3.63) is 69.9 Å². The zero-order valence-electron chi connectivity index (χ0n) is 28.6. The molecule has 0 spiro atoms. The largest absolute Gasteiger partial charge is 0.490 e. The summed E-state index contributed by atoms with van der Waals surface area (Å²) in [7, 11) is 1.51. The third-order valence-electron chi connectivity index (χ3n) is 8.03. The highest BCUT2D eigenvalue weighted by molar-refractivity contribution is 5.91. The summed E-state index contributed by atoms with van der Waals surface area (Å²) < 4.78 is 49.6. The standard InChI is InChI=1S/C35H42F2N6O5/c1-20(2)28-30(21(3)12-13-38-28)43-32-23(18-25(37)29(39-32)27-24(36)10-9-11-26(27)47-17-16-46-8)31(40-33(43)44)42-15-14-41(19-22(42)4)34(45)48-35(5,6)7/h9-13,18,20,22H,14-17,19H2,1-8H3/t22-/m0/s1. The van der Waals surface area contributed by atoms with Gasteiger partial charge in [-0.1, -0.05) is 19.9 Å². The molecule has 0 radical (unpaired) electrons. The van der Waals surface area contributed by atoms with Crippen molar-refractivity contribution >= 4 is 22.9 Å². The SMILES string of the molecule is COCCOc1cccc(F)c1-c1nc2c(cc1F)c(N1CCN(C(=O)OC(C)(C)C)C[C@@H]1C)nc(=O)n2-c1c(C)ccnc1C(C)C. The van der Waals surface area contributed by atoms with Crippen molar-refractivity contribution in [3.8, 4) is 22.7 Å². The fourth-order valence-corrected chi connectivity index (χ4v) is 5.84. The lowest BCUT2D eigenvalue weighted by molar-refractivity contribution is 0.0218. The number of hydrogen-bond acceptors (Lipinski definition) is 9. The van der Waals surface area contributed by atoms with Crippen LogP contribution < -0.4 is 15.3 Å². The molecule has 1 aliphatic heterocycles. The number of nitrogens with zero attached hydrogens (tertiary/aromatic N) is 6. The predicted octanol–water partition coefficient (Wildman–Crippen LogP) is 6.02. The van der Waals surface area contributed by atoms with Crippen LogP contribution >= 0.6 is 0 Å². The topological polar surface area (TPSA) is 112 Å². The second-order valence-corrected chi connectivity index (χ2v) is 13.2. The quantitative estimate of drug-likeness (QED) is 0.209. The highest BCUT2D eigenvalue weighted by Crippen LogP contribution is 2.37. The molecule has 0 bridgehead atoms. The number of pyridine rings is 2. The van der Waals surface area contributed by atoms with Gasteiger partial charge in [0, 0.05) is 39.0 Å². The number of benzene rings is 1. The lowest BCUT2D eigenvalue weighted by Crippen LogP contribution is -2.55. The van der Waals surface area contributed by atoms with Gasteiger partial charge in [-0.3, -0.25) is 4.98 Å². The molecule has 1 atom stereocenters. The molecule has 1 fully saturated rings. The van der Waals surface area contributed by atoms with Gasteiger partial charge in [0.2, 0.25) is 0 Å². The van der Waals surface area contributed by atoms with Gasteiger partial charge in [-0.15, -0.1) is 0 Å². The van der Waals surface area contributed by atoms with Gasteiger partial charge in [-0.25, -0.2) is 27.9 Å². The van der Waals surface area contributed by atoms with E-state index in [1.807, 2.05) is 32.6 Å². The summed E-state index contributed by atoms with van der Waals surface area (Å²) in [5.41, 5.74) is 0.0690. The van der Waals surface area contributed by atoms with E-state index in [0.717, 1.165) is 5.56 Å². The number of halogens is 2. The van der Waals surface area contributed by atoms with Crippen molar-refractivity contribution in [2.75, 3.05) is 44.9 Å². The molecule has 1 aliphatic rings. The summed E-state index contributed by atoms with van der Waals surface area (Å²) in [5, 5.41) is 0.240. The van der Waals surface area contributed by atoms with Crippen molar-refractivity contribution in [1.82, 2.24) is 24.4 Å². The first-order valence-corrected chi connectivity index (χ1v) is 16.0. The molecule has 1 aromatic carbocycles. The van der Waals surface area contributed by atoms with E-state index in [4.69, 9.17) is 19.2 Å². The lowest BCUT2D eigenvalue weighted by Gasteiger charge is -2.41. The molecule has 11 nitrogen and oxygen atoms in total. The molecule has 48 heavy (non-hydrogen) atoms. The van der Waals surface area contributed by atoms with E-state index in [1.54, 1.807) is 37.9 Å². The van der Waals surface area contributed by atoms with Gasteiger partial charge in [0.25, 0.3) is 0 Å². The molecule has 4 aromatic rings. The van der Waals surface area contributed by atoms with E-state index in [1.165, 1.54) is 35.9 Å². The highest BCUT2D eigenvalue weighted by Gasteiger charge is 2.33. The summed E-state index contributed by atoms with van der Waals surface area (Å²) in [6.07, 6.45) is 1.22. The van der Waals surface area contributed by atoms with E-state index in [9.17, 15) is 9.59 Å². The van der Waals surface area contributed by atoms with Crippen molar-refractivity contribution in [2.24, 2.45) is 0 Å². The van der Waals surface area contributed by atoms with Crippen LogP contribution in [0.1, 0.15) is 58.7 Å². The first-order valence-electron chi connectivity index (χ1n) is 16.0. The van der Waals surface area contributed by atoms with Crippen molar-refractivity contribution in [1.29, 1.82) is 0 Å². The second kappa shape index (κ2) is 13.8. The Hall–Kier alpha value is -4.65. The Labute approximate surface area is 278 Å². The number of fused-ring (bicyclic) bond motifs is 1. The maximum Gasteiger partial charge on any atom is 0.410 e. The van der Waals surface area contributed by atoms with E-state index < -0.39 is 29.0 Å². The number of piperazine rings is 1. The van der Waals surface area contributed by atoms with E-state index >= 15 is 8.78 Å². The van der Waals surface area contributed by atoms with E-state index in [0.29, 0.717) is 17.9 Å². The molecule has 1 saturated heterocycles. The van der Waals surface area contributed by atoms with Crippen LogP contribution in [0.3, 0.4) is 0 Å². The van der Waals surface area contributed by atoms with E-state index in [-0.39, 0.29) is 72.1 Å². The Bertz CT molecular complexity index is 1890. The van der Waals surface area contributed by atoms with Crippen LogP contribution in [0.4, 0.5) is 19.4 Å². The summed E-state index contributed by atoms with van der Waals surface area (Å²) in [6.45, 7) is 14.2. The molecule has 0 N–H and O–H groups in total. The number of ether oxygens (including phenoxy) is 3. The zero-order chi connectivity index (χ0) is 34.9. The number of carbonyl (C=O) groups is 1. The van der Waals surface area contributed by atoms with Crippen LogP contribution in [0.15, 0.2) is 41.3 Å². The van der Waals surface area contributed by atoms with Crippen molar-refractivity contribution in [3.63, 3.8) is 0 Å². The summed E-state index contributed by atoms with van der Waals surface area (Å²) in [5.74, 6) is -1.38. The fraction of sp³-hybridized carbons (Fsp3) is 0.457. The Morgan fingerprint density at radius 1 is 1.08 bits per heavy atom. The fourth-order valence-electron chi connectivity index (χ4n) is 5.84. The average Bonchev–Trinajstić information content (AvgIpc) is 3.00. The first kappa shape index (κ1) is 34.7. The van der Waals surface area contributed by atoms with Crippen LogP contribution in [0.25, 0.3) is 28.0 Å². The van der Waals surface area contributed by atoms with Crippen LogP contribution in [-0.2, 0) is 9.47 Å². The van der Waals surface area contributed by atoms with E-state index in [2.05, 4.69) is 9.97 Å². The van der Waals surface area contributed by atoms with Gasteiger partial charge in [0.05, 0.1) is 28.9 Å². The third kappa shape index (κ3) is 6.96. The average molecular weight is 665 g/mol. The molecule has 4 heterocycles. The van der Waals surface area contributed by atoms with Gasteiger partial charge in [-0.2, -0.15) is 4.98 Å². The molecule has 0 saturated carbocycles. The van der Waals surface area contributed by atoms with Crippen LogP contribution in [-0.4, -0.2) is 82.1 Å². The van der Waals surface area contributed by atoms with Crippen LogP contribution in [0.5, 0.6) is 5.75 Å². The zero-order valence-corrected chi connectivity index (χ0v) is 28.6. The number of carbonyl (C=O) groups excluding carboxylic acids is 1.